The molecular weight excluding hydrogens is 368 g/mol. The van der Waals surface area contributed by atoms with E-state index in [4.69, 9.17) is 11.6 Å². The number of aryl methyl sites for hydroxylation is 1. The third-order valence-electron chi connectivity index (χ3n) is 2.96. The van der Waals surface area contributed by atoms with Crippen LogP contribution in [-0.2, 0) is 0 Å². The van der Waals surface area contributed by atoms with Crippen LogP contribution in [0.4, 0.5) is 10.8 Å². The van der Waals surface area contributed by atoms with Crippen molar-refractivity contribution in [3.05, 3.63) is 64.5 Å². The average molecular weight is 381 g/mol. The van der Waals surface area contributed by atoms with Crippen molar-refractivity contribution in [1.82, 2.24) is 4.98 Å². The number of para-hydroxylation sites is 1. The van der Waals surface area contributed by atoms with Gasteiger partial charge in [0.2, 0.25) is 0 Å². The molecule has 0 spiro atoms. The molecule has 0 fully saturated rings. The molecule has 0 amide bonds. The Morgan fingerprint density at radius 2 is 1.67 bits per heavy atom. The lowest BCUT2D eigenvalue weighted by molar-refractivity contribution is -0.00000385. The molecule has 3 rings (SSSR count). The average Bonchev–Trinajstić information content (AvgIpc) is 2.83. The van der Waals surface area contributed by atoms with Crippen molar-refractivity contribution < 1.29 is 17.0 Å². The Bertz CT molecular complexity index is 728. The summed E-state index contributed by atoms with van der Waals surface area (Å²) in [6.07, 6.45) is 0. The summed E-state index contributed by atoms with van der Waals surface area (Å²) in [5.74, 6) is 0. The second-order valence-electron chi connectivity index (χ2n) is 4.39. The number of halogens is 2. The van der Waals surface area contributed by atoms with E-state index >= 15 is 0 Å². The first-order chi connectivity index (χ1) is 9.74. The lowest BCUT2D eigenvalue weighted by atomic mass is 10.1. The maximum absolute atomic E-state index is 6.15. The van der Waals surface area contributed by atoms with E-state index in [9.17, 15) is 0 Å². The fourth-order valence-corrected chi connectivity index (χ4v) is 3.02. The Labute approximate surface area is 143 Å². The van der Waals surface area contributed by atoms with Gasteiger partial charge in [-0.15, -0.1) is 11.3 Å². The van der Waals surface area contributed by atoms with Gasteiger partial charge in [-0.1, -0.05) is 54.1 Å². The van der Waals surface area contributed by atoms with E-state index in [0.717, 1.165) is 22.1 Å². The van der Waals surface area contributed by atoms with Crippen LogP contribution in [0, 0.1) is 6.92 Å². The first kappa shape index (κ1) is 16.0. The topological polar surface area (TPSA) is 24.9 Å². The third-order valence-corrected chi connectivity index (χ3v) is 4.18. The van der Waals surface area contributed by atoms with E-state index in [2.05, 4.69) is 29.4 Å². The van der Waals surface area contributed by atoms with E-state index in [0.29, 0.717) is 5.02 Å². The third kappa shape index (κ3) is 3.64. The van der Waals surface area contributed by atoms with Gasteiger partial charge < -0.3 is 22.3 Å². The predicted molar refractivity (Wildman–Crippen MR) is 87.0 cm³/mol. The summed E-state index contributed by atoms with van der Waals surface area (Å²) in [4.78, 5) is 5.85. The number of thiazole rings is 1. The number of hydrogen-bond acceptors (Lipinski definition) is 3. The first-order valence-corrected chi connectivity index (χ1v) is 7.48. The fourth-order valence-electron chi connectivity index (χ4n) is 1.99. The molecule has 1 heterocycles. The van der Waals surface area contributed by atoms with Crippen molar-refractivity contribution in [3.8, 4) is 11.3 Å². The Hall–Kier alpha value is -1.36. The van der Waals surface area contributed by atoms with Gasteiger partial charge in [0.1, 0.15) is 0 Å². The Balaban J connectivity index is 0.00000161. The van der Waals surface area contributed by atoms with E-state index in [1.807, 2.05) is 42.5 Å². The van der Waals surface area contributed by atoms with E-state index in [-0.39, 0.29) is 17.0 Å². The first-order valence-electron chi connectivity index (χ1n) is 6.28. The number of nitrogens with zero attached hydrogens (tertiary/aromatic N) is 1. The zero-order valence-electron chi connectivity index (χ0n) is 11.3. The molecule has 5 heteroatoms. The molecule has 0 aliphatic heterocycles. The van der Waals surface area contributed by atoms with Gasteiger partial charge in [0.15, 0.2) is 5.13 Å². The van der Waals surface area contributed by atoms with Crippen LogP contribution in [0.15, 0.2) is 54.6 Å². The highest BCUT2D eigenvalue weighted by Crippen LogP contribution is 2.33. The number of anilines is 2. The highest BCUT2D eigenvalue weighted by Gasteiger charge is 2.10. The van der Waals surface area contributed by atoms with Gasteiger partial charge in [-0.2, -0.15) is 0 Å². The molecule has 0 unspecified atom stereocenters. The van der Waals surface area contributed by atoms with Crippen LogP contribution in [0.25, 0.3) is 11.3 Å². The van der Waals surface area contributed by atoms with E-state index in [1.165, 1.54) is 4.88 Å². The molecule has 0 saturated carbocycles. The number of benzene rings is 2. The lowest BCUT2D eigenvalue weighted by Crippen LogP contribution is -3.00. The van der Waals surface area contributed by atoms with Crippen LogP contribution in [-0.4, -0.2) is 4.98 Å². The Morgan fingerprint density at radius 3 is 2.38 bits per heavy atom. The van der Waals surface area contributed by atoms with Crippen molar-refractivity contribution in [2.75, 3.05) is 5.32 Å². The van der Waals surface area contributed by atoms with Crippen molar-refractivity contribution in [1.29, 1.82) is 0 Å². The Morgan fingerprint density at radius 1 is 1.00 bits per heavy atom. The highest BCUT2D eigenvalue weighted by molar-refractivity contribution is 7.16. The number of rotatable bonds is 3. The van der Waals surface area contributed by atoms with E-state index < -0.39 is 0 Å². The van der Waals surface area contributed by atoms with Crippen molar-refractivity contribution in [2.24, 2.45) is 0 Å². The van der Waals surface area contributed by atoms with Crippen LogP contribution >= 0.6 is 22.9 Å². The van der Waals surface area contributed by atoms with Gasteiger partial charge in [0, 0.05) is 10.4 Å². The van der Waals surface area contributed by atoms with Crippen molar-refractivity contribution in [3.63, 3.8) is 0 Å². The number of aromatic nitrogens is 1. The van der Waals surface area contributed by atoms with Crippen LogP contribution in [0.2, 0.25) is 5.02 Å². The standard InChI is InChI=1S/C16H13ClN2S.BrH/c1-11-15(12-7-3-2-4-8-12)19-16(20-11)18-14-10-6-5-9-13(14)17;/h2-10H,1H3,(H,18,19);1H/p-1. The summed E-state index contributed by atoms with van der Waals surface area (Å²) < 4.78 is 0. The maximum Gasteiger partial charge on any atom is 0.188 e. The minimum atomic E-state index is 0. The summed E-state index contributed by atoms with van der Waals surface area (Å²) in [6.45, 7) is 2.08. The van der Waals surface area contributed by atoms with Crippen molar-refractivity contribution in [2.45, 2.75) is 6.92 Å². The summed E-state index contributed by atoms with van der Waals surface area (Å²) >= 11 is 7.78. The molecule has 1 aromatic heterocycles. The molecule has 0 aliphatic carbocycles. The quantitative estimate of drug-likeness (QED) is 0.755. The molecule has 108 valence electrons. The second kappa shape index (κ2) is 7.07. The maximum atomic E-state index is 6.15. The Kier molecular flexibility index (Phi) is 5.39. The summed E-state index contributed by atoms with van der Waals surface area (Å²) in [5.41, 5.74) is 3.03. The molecule has 0 bridgehead atoms. The summed E-state index contributed by atoms with van der Waals surface area (Å²) in [6, 6.07) is 17.9. The van der Waals surface area contributed by atoms with Gasteiger partial charge in [-0.3, -0.25) is 0 Å². The molecule has 1 N–H and O–H groups in total. The van der Waals surface area contributed by atoms with Gasteiger partial charge in [0.05, 0.1) is 16.4 Å². The zero-order chi connectivity index (χ0) is 13.9. The molecule has 3 aromatic rings. The van der Waals surface area contributed by atoms with Crippen LogP contribution in [0.1, 0.15) is 4.88 Å². The minimum Gasteiger partial charge on any atom is -1.00 e. The van der Waals surface area contributed by atoms with Crippen LogP contribution < -0.4 is 22.3 Å². The smallest absolute Gasteiger partial charge is 0.188 e. The van der Waals surface area contributed by atoms with Crippen molar-refractivity contribution >= 4 is 33.8 Å². The highest BCUT2D eigenvalue weighted by atomic mass is 79.9. The van der Waals surface area contributed by atoms with Gasteiger partial charge in [-0.05, 0) is 19.1 Å². The zero-order valence-corrected chi connectivity index (χ0v) is 14.5. The van der Waals surface area contributed by atoms with Crippen LogP contribution in [0.3, 0.4) is 0 Å². The molecule has 0 aliphatic rings. The number of nitrogens with one attached hydrogen (secondary N) is 1. The molecule has 0 saturated heterocycles. The molecular formula is C16H13BrClN2S-. The summed E-state index contributed by atoms with van der Waals surface area (Å²) in [7, 11) is 0. The SMILES string of the molecule is Cc1sc(Nc2ccccc2Cl)nc1-c1ccccc1.[Br-]. The molecule has 2 nitrogen and oxygen atoms in total. The molecule has 21 heavy (non-hydrogen) atoms. The molecule has 0 radical (unpaired) electrons. The van der Waals surface area contributed by atoms with Crippen LogP contribution in [0.5, 0.6) is 0 Å². The lowest BCUT2D eigenvalue weighted by Gasteiger charge is -2.03. The normalized spacial score (nSPS) is 10.0. The van der Waals surface area contributed by atoms with Gasteiger partial charge in [0.25, 0.3) is 0 Å². The van der Waals surface area contributed by atoms with Gasteiger partial charge in [-0.25, -0.2) is 4.98 Å². The summed E-state index contributed by atoms with van der Waals surface area (Å²) in [5, 5.41) is 4.83. The monoisotopic (exact) mass is 379 g/mol. The largest absolute Gasteiger partial charge is 1.00 e. The van der Waals surface area contributed by atoms with E-state index in [1.54, 1.807) is 11.3 Å². The van der Waals surface area contributed by atoms with Gasteiger partial charge >= 0.3 is 0 Å². The minimum absolute atomic E-state index is 0. The number of hydrogen-bond donors (Lipinski definition) is 1. The second-order valence-corrected chi connectivity index (χ2v) is 6.01. The fraction of sp³-hybridized carbons (Fsp3) is 0.0625. The molecule has 0 atom stereocenters. The predicted octanol–water partition coefficient (Wildman–Crippen LogP) is 2.52. The molecule has 2 aromatic carbocycles.